The fraction of sp³-hybridized carbons (Fsp3) is 0.944. The van der Waals surface area contributed by atoms with Gasteiger partial charge in [-0.2, -0.15) is 0 Å². The van der Waals surface area contributed by atoms with Crippen molar-refractivity contribution in [3.05, 3.63) is 0 Å². The van der Waals surface area contributed by atoms with Crippen LogP contribution in [0.5, 0.6) is 0 Å². The van der Waals surface area contributed by atoms with Gasteiger partial charge in [-0.3, -0.25) is 4.79 Å². The number of nitrogens with zero attached hydrogens (tertiary/aromatic N) is 1. The molecule has 1 aliphatic carbocycles. The molecule has 2 rings (SSSR count). The predicted octanol–water partition coefficient (Wildman–Crippen LogP) is 4.17. The Kier molecular flexibility index (Phi) is 5.02. The summed E-state index contributed by atoms with van der Waals surface area (Å²) in [6, 6.07) is 0.690. The van der Waals surface area contributed by atoms with Crippen LogP contribution in [0.2, 0.25) is 0 Å². The predicted molar refractivity (Wildman–Crippen MR) is 86.4 cm³/mol. The van der Waals surface area contributed by atoms with Gasteiger partial charge in [0.15, 0.2) is 0 Å². The number of likely N-dealkylation sites (tertiary alicyclic amines) is 1. The van der Waals surface area contributed by atoms with Crippen molar-refractivity contribution in [3.63, 3.8) is 0 Å². The fourth-order valence-corrected chi connectivity index (χ4v) is 4.11. The Labute approximate surface area is 130 Å². The van der Waals surface area contributed by atoms with Crippen molar-refractivity contribution >= 4 is 5.97 Å². The highest BCUT2D eigenvalue weighted by molar-refractivity contribution is 5.74. The lowest BCUT2D eigenvalue weighted by atomic mass is 9.76. The molecule has 0 aromatic heterocycles. The molecule has 0 radical (unpaired) electrons. The number of carboxylic acids is 1. The molecule has 2 aliphatic rings. The Balaban J connectivity index is 1.88. The van der Waals surface area contributed by atoms with Gasteiger partial charge in [0.05, 0.1) is 5.41 Å². The molecule has 2 unspecified atom stereocenters. The zero-order valence-corrected chi connectivity index (χ0v) is 14.3. The molecule has 0 aromatic carbocycles. The van der Waals surface area contributed by atoms with E-state index in [0.29, 0.717) is 11.5 Å². The molecule has 2 fully saturated rings. The minimum Gasteiger partial charge on any atom is -0.481 e. The first kappa shape index (κ1) is 16.8. The van der Waals surface area contributed by atoms with Crippen molar-refractivity contribution in [1.29, 1.82) is 0 Å². The molecule has 3 heteroatoms. The number of hydrogen-bond acceptors (Lipinski definition) is 2. The van der Waals surface area contributed by atoms with Crippen LogP contribution in [0.1, 0.15) is 72.6 Å². The Morgan fingerprint density at radius 3 is 2.24 bits per heavy atom. The zero-order chi connectivity index (χ0) is 15.7. The van der Waals surface area contributed by atoms with Crippen molar-refractivity contribution in [2.75, 3.05) is 13.1 Å². The molecular formula is C18H33NO2. The summed E-state index contributed by atoms with van der Waals surface area (Å²) in [5, 5.41) is 9.34. The van der Waals surface area contributed by atoms with Gasteiger partial charge in [-0.15, -0.1) is 0 Å². The number of rotatable bonds is 2. The second-order valence-corrected chi connectivity index (χ2v) is 8.63. The zero-order valence-electron chi connectivity index (χ0n) is 14.3. The van der Waals surface area contributed by atoms with Gasteiger partial charge in [0.1, 0.15) is 0 Å². The first-order valence-corrected chi connectivity index (χ1v) is 8.70. The van der Waals surface area contributed by atoms with E-state index in [-0.39, 0.29) is 0 Å². The van der Waals surface area contributed by atoms with E-state index in [0.717, 1.165) is 31.8 Å². The molecule has 0 bridgehead atoms. The Hall–Kier alpha value is -0.570. The van der Waals surface area contributed by atoms with E-state index in [1.54, 1.807) is 0 Å². The van der Waals surface area contributed by atoms with E-state index < -0.39 is 11.4 Å². The third-order valence-electron chi connectivity index (χ3n) is 6.10. The van der Waals surface area contributed by atoms with Gasteiger partial charge in [-0.1, -0.05) is 27.2 Å². The average molecular weight is 295 g/mol. The molecule has 2 atom stereocenters. The van der Waals surface area contributed by atoms with Crippen LogP contribution in [0.3, 0.4) is 0 Å². The third-order valence-corrected chi connectivity index (χ3v) is 6.10. The molecule has 1 saturated carbocycles. The summed E-state index contributed by atoms with van der Waals surface area (Å²) in [6.07, 6.45) is 8.24. The Morgan fingerprint density at radius 1 is 1.10 bits per heavy atom. The highest BCUT2D eigenvalue weighted by Gasteiger charge is 2.39. The number of aliphatic carboxylic acids is 1. The molecule has 21 heavy (non-hydrogen) atoms. The standard InChI is InChI=1S/C18H33NO2/c1-17(2,3)14-6-5-7-15(9-8-14)19-12-10-18(4,11-13-19)16(20)21/h14-15H,5-13H2,1-4H3,(H,20,21). The number of carbonyl (C=O) groups is 1. The van der Waals surface area contributed by atoms with Gasteiger partial charge in [-0.05, 0) is 69.9 Å². The van der Waals surface area contributed by atoms with Crippen LogP contribution in [0.15, 0.2) is 0 Å². The first-order chi connectivity index (χ1) is 9.72. The molecule has 0 spiro atoms. The summed E-state index contributed by atoms with van der Waals surface area (Å²) in [6.45, 7) is 11.0. The Bertz CT molecular complexity index is 364. The van der Waals surface area contributed by atoms with E-state index in [4.69, 9.17) is 0 Å². The maximum absolute atomic E-state index is 11.3. The fourth-order valence-electron chi connectivity index (χ4n) is 4.11. The highest BCUT2D eigenvalue weighted by atomic mass is 16.4. The molecule has 1 N–H and O–H groups in total. The molecule has 0 aromatic rings. The van der Waals surface area contributed by atoms with Crippen molar-refractivity contribution in [2.45, 2.75) is 78.7 Å². The molecule has 1 aliphatic heterocycles. The largest absolute Gasteiger partial charge is 0.481 e. The maximum Gasteiger partial charge on any atom is 0.309 e. The van der Waals surface area contributed by atoms with Crippen LogP contribution < -0.4 is 0 Å². The summed E-state index contributed by atoms with van der Waals surface area (Å²) >= 11 is 0. The van der Waals surface area contributed by atoms with Gasteiger partial charge in [0, 0.05) is 6.04 Å². The molecule has 0 amide bonds. The van der Waals surface area contributed by atoms with Crippen LogP contribution in [-0.4, -0.2) is 35.1 Å². The second-order valence-electron chi connectivity index (χ2n) is 8.63. The van der Waals surface area contributed by atoms with Crippen molar-refractivity contribution in [3.8, 4) is 0 Å². The smallest absolute Gasteiger partial charge is 0.309 e. The minimum atomic E-state index is -0.615. The van der Waals surface area contributed by atoms with E-state index >= 15 is 0 Å². The van der Waals surface area contributed by atoms with E-state index in [1.807, 2.05) is 6.92 Å². The van der Waals surface area contributed by atoms with Crippen molar-refractivity contribution in [2.24, 2.45) is 16.7 Å². The van der Waals surface area contributed by atoms with Crippen LogP contribution >= 0.6 is 0 Å². The van der Waals surface area contributed by atoms with Crippen molar-refractivity contribution < 1.29 is 9.90 Å². The van der Waals surface area contributed by atoms with Crippen molar-refractivity contribution in [1.82, 2.24) is 4.90 Å². The van der Waals surface area contributed by atoms with Gasteiger partial charge in [0.2, 0.25) is 0 Å². The number of carboxylic acid groups (broad SMARTS) is 1. The molecule has 1 heterocycles. The topological polar surface area (TPSA) is 40.5 Å². The van der Waals surface area contributed by atoms with E-state index in [1.165, 1.54) is 32.1 Å². The summed E-state index contributed by atoms with van der Waals surface area (Å²) < 4.78 is 0. The van der Waals surface area contributed by atoms with Crippen LogP contribution in [0.25, 0.3) is 0 Å². The molecule has 1 saturated heterocycles. The second kappa shape index (κ2) is 6.28. The SMILES string of the molecule is CC1(C(=O)O)CCN(C2CCCC(C(C)(C)C)CC2)CC1. The Morgan fingerprint density at radius 2 is 1.71 bits per heavy atom. The lowest BCUT2D eigenvalue weighted by Crippen LogP contribution is -2.46. The van der Waals surface area contributed by atoms with E-state index in [9.17, 15) is 9.90 Å². The first-order valence-electron chi connectivity index (χ1n) is 8.70. The maximum atomic E-state index is 11.3. The summed E-state index contributed by atoms with van der Waals surface area (Å²) in [4.78, 5) is 13.9. The molecular weight excluding hydrogens is 262 g/mol. The van der Waals surface area contributed by atoms with Crippen LogP contribution in [0.4, 0.5) is 0 Å². The molecule has 122 valence electrons. The monoisotopic (exact) mass is 295 g/mol. The van der Waals surface area contributed by atoms with Crippen LogP contribution in [0, 0.1) is 16.7 Å². The van der Waals surface area contributed by atoms with Gasteiger partial charge in [0.25, 0.3) is 0 Å². The van der Waals surface area contributed by atoms with E-state index in [2.05, 4.69) is 25.7 Å². The quantitative estimate of drug-likeness (QED) is 0.777. The highest BCUT2D eigenvalue weighted by Crippen LogP contribution is 2.39. The third kappa shape index (κ3) is 4.00. The van der Waals surface area contributed by atoms with Gasteiger partial charge >= 0.3 is 5.97 Å². The summed E-state index contributed by atoms with van der Waals surface area (Å²) in [5.41, 5.74) is -0.0617. The lowest BCUT2D eigenvalue weighted by Gasteiger charge is -2.40. The summed E-state index contributed by atoms with van der Waals surface area (Å²) in [5.74, 6) is 0.229. The van der Waals surface area contributed by atoms with Crippen LogP contribution in [-0.2, 0) is 4.79 Å². The number of hydrogen-bond donors (Lipinski definition) is 1. The number of piperidine rings is 1. The lowest BCUT2D eigenvalue weighted by molar-refractivity contribution is -0.151. The molecule has 3 nitrogen and oxygen atoms in total. The summed E-state index contributed by atoms with van der Waals surface area (Å²) in [7, 11) is 0. The minimum absolute atomic E-state index is 0.429. The van der Waals surface area contributed by atoms with Gasteiger partial charge < -0.3 is 10.0 Å². The normalized spacial score (nSPS) is 31.6. The van der Waals surface area contributed by atoms with Gasteiger partial charge in [-0.25, -0.2) is 0 Å². The average Bonchev–Trinajstić information content (AvgIpc) is 2.65.